The fourth-order valence-electron chi connectivity index (χ4n) is 3.01. The van der Waals surface area contributed by atoms with Crippen LogP contribution in [0.4, 0.5) is 17.1 Å². The average molecular weight is 383 g/mol. The van der Waals surface area contributed by atoms with E-state index in [1.807, 2.05) is 24.3 Å². The van der Waals surface area contributed by atoms with Gasteiger partial charge in [-0.25, -0.2) is 0 Å². The first-order chi connectivity index (χ1) is 13.5. The summed E-state index contributed by atoms with van der Waals surface area (Å²) >= 11 is 0. The van der Waals surface area contributed by atoms with Gasteiger partial charge in [-0.05, 0) is 62.4 Å². The van der Waals surface area contributed by atoms with Gasteiger partial charge in [0.1, 0.15) is 5.75 Å². The van der Waals surface area contributed by atoms with Gasteiger partial charge in [-0.1, -0.05) is 0 Å². The van der Waals surface area contributed by atoms with Gasteiger partial charge in [-0.15, -0.1) is 0 Å². The third-order valence-electron chi connectivity index (χ3n) is 4.61. The van der Waals surface area contributed by atoms with E-state index in [2.05, 4.69) is 24.1 Å². The van der Waals surface area contributed by atoms with E-state index in [0.717, 1.165) is 30.2 Å². The van der Waals surface area contributed by atoms with Crippen molar-refractivity contribution in [3.8, 4) is 5.75 Å². The zero-order valence-corrected chi connectivity index (χ0v) is 17.1. The summed E-state index contributed by atoms with van der Waals surface area (Å²) in [5.41, 5.74) is 2.61. The zero-order chi connectivity index (χ0) is 20.5. The van der Waals surface area contributed by atoms with E-state index in [9.17, 15) is 9.59 Å². The second-order valence-corrected chi connectivity index (χ2v) is 6.39. The number of methoxy groups -OCH3 is 1. The number of rotatable bonds is 9. The summed E-state index contributed by atoms with van der Waals surface area (Å²) in [6.45, 7) is 7.92. The number of amides is 2. The van der Waals surface area contributed by atoms with E-state index < -0.39 is 0 Å². The first kappa shape index (κ1) is 21.3. The third kappa shape index (κ3) is 5.74. The smallest absolute Gasteiger partial charge is 0.226 e. The largest absolute Gasteiger partial charge is 0.497 e. The number of hydrogen-bond donors (Lipinski definition) is 1. The minimum absolute atomic E-state index is 0.0900. The van der Waals surface area contributed by atoms with Crippen LogP contribution in [0.5, 0.6) is 5.75 Å². The lowest BCUT2D eigenvalue weighted by Gasteiger charge is -2.24. The molecule has 0 unspecified atom stereocenters. The maximum absolute atomic E-state index is 12.3. The molecule has 2 aromatic carbocycles. The molecular weight excluding hydrogens is 354 g/mol. The molecule has 150 valence electrons. The molecule has 0 atom stereocenters. The van der Waals surface area contributed by atoms with Crippen LogP contribution in [-0.4, -0.2) is 38.6 Å². The molecule has 2 aromatic rings. The van der Waals surface area contributed by atoms with E-state index in [4.69, 9.17) is 4.74 Å². The summed E-state index contributed by atoms with van der Waals surface area (Å²) in [5, 5.41) is 2.84. The Morgan fingerprint density at radius 2 is 1.50 bits per heavy atom. The molecule has 6 nitrogen and oxygen atoms in total. The van der Waals surface area contributed by atoms with Gasteiger partial charge in [0, 0.05) is 50.0 Å². The molecule has 0 aliphatic carbocycles. The number of nitrogens with one attached hydrogen (secondary N) is 1. The molecule has 6 heteroatoms. The molecule has 0 spiro atoms. The van der Waals surface area contributed by atoms with Crippen LogP contribution in [0.1, 0.15) is 27.2 Å². The van der Waals surface area contributed by atoms with Crippen molar-refractivity contribution in [3.63, 3.8) is 0 Å². The summed E-state index contributed by atoms with van der Waals surface area (Å²) < 4.78 is 5.11. The molecule has 28 heavy (non-hydrogen) atoms. The Hall–Kier alpha value is -3.02. The molecule has 0 saturated carbocycles. The lowest BCUT2D eigenvalue weighted by molar-refractivity contribution is -0.117. The summed E-state index contributed by atoms with van der Waals surface area (Å²) in [5.74, 6) is 0.498. The highest BCUT2D eigenvalue weighted by Gasteiger charge is 2.14. The standard InChI is InChI=1S/C22H29N3O3/c1-5-24(6-2)19-9-11-20(12-10-19)25(17(3)26)16-15-22(27)23-18-7-13-21(28-4)14-8-18/h7-14H,5-6,15-16H2,1-4H3,(H,23,27). The van der Waals surface area contributed by atoms with Crippen LogP contribution in [-0.2, 0) is 9.59 Å². The van der Waals surface area contributed by atoms with Crippen molar-refractivity contribution in [3.05, 3.63) is 48.5 Å². The summed E-state index contributed by atoms with van der Waals surface area (Å²) in [6, 6.07) is 15.0. The molecule has 0 bridgehead atoms. The quantitative estimate of drug-likeness (QED) is 0.713. The lowest BCUT2D eigenvalue weighted by atomic mass is 10.2. The molecule has 0 radical (unpaired) electrons. The molecule has 0 saturated heterocycles. The molecule has 0 aromatic heterocycles. The van der Waals surface area contributed by atoms with E-state index in [0.29, 0.717) is 12.2 Å². The van der Waals surface area contributed by atoms with Crippen LogP contribution < -0.4 is 19.9 Å². The van der Waals surface area contributed by atoms with E-state index in [-0.39, 0.29) is 18.2 Å². The van der Waals surface area contributed by atoms with Crippen molar-refractivity contribution < 1.29 is 14.3 Å². The summed E-state index contributed by atoms with van der Waals surface area (Å²) in [6.07, 6.45) is 0.212. The second-order valence-electron chi connectivity index (χ2n) is 6.39. The number of nitrogens with zero attached hydrogens (tertiary/aromatic N) is 2. The fourth-order valence-corrected chi connectivity index (χ4v) is 3.01. The molecular formula is C22H29N3O3. The van der Waals surface area contributed by atoms with Gasteiger partial charge in [-0.3, -0.25) is 9.59 Å². The maximum atomic E-state index is 12.3. The van der Waals surface area contributed by atoms with Crippen molar-refractivity contribution in [1.82, 2.24) is 0 Å². The van der Waals surface area contributed by atoms with E-state index >= 15 is 0 Å². The number of carbonyl (C=O) groups is 2. The van der Waals surface area contributed by atoms with Crippen molar-refractivity contribution in [2.75, 3.05) is 41.9 Å². The van der Waals surface area contributed by atoms with Crippen LogP contribution in [0.15, 0.2) is 48.5 Å². The summed E-state index contributed by atoms with van der Waals surface area (Å²) in [4.78, 5) is 28.2. The topological polar surface area (TPSA) is 61.9 Å². The minimum Gasteiger partial charge on any atom is -0.497 e. The maximum Gasteiger partial charge on any atom is 0.226 e. The Bertz CT molecular complexity index is 769. The van der Waals surface area contributed by atoms with Crippen LogP contribution >= 0.6 is 0 Å². The van der Waals surface area contributed by atoms with Gasteiger partial charge in [0.25, 0.3) is 0 Å². The Balaban J connectivity index is 1.98. The third-order valence-corrected chi connectivity index (χ3v) is 4.61. The zero-order valence-electron chi connectivity index (χ0n) is 17.1. The van der Waals surface area contributed by atoms with Crippen LogP contribution in [0.3, 0.4) is 0 Å². The molecule has 0 heterocycles. The Kier molecular flexibility index (Phi) is 7.87. The average Bonchev–Trinajstić information content (AvgIpc) is 2.70. The number of anilines is 3. The van der Waals surface area contributed by atoms with Gasteiger partial charge in [0.2, 0.25) is 11.8 Å². The van der Waals surface area contributed by atoms with Gasteiger partial charge in [0.15, 0.2) is 0 Å². The first-order valence-corrected chi connectivity index (χ1v) is 9.55. The molecule has 0 aliphatic rings. The molecule has 2 amide bonds. The molecule has 2 rings (SSSR count). The van der Waals surface area contributed by atoms with Crippen LogP contribution in [0, 0.1) is 0 Å². The van der Waals surface area contributed by atoms with Gasteiger partial charge in [0.05, 0.1) is 7.11 Å². The normalized spacial score (nSPS) is 10.3. The van der Waals surface area contributed by atoms with Crippen molar-refractivity contribution in [2.45, 2.75) is 27.2 Å². The first-order valence-electron chi connectivity index (χ1n) is 9.55. The van der Waals surface area contributed by atoms with Crippen molar-refractivity contribution >= 4 is 28.9 Å². The fraction of sp³-hybridized carbons (Fsp3) is 0.364. The highest BCUT2D eigenvalue weighted by atomic mass is 16.5. The number of benzene rings is 2. The van der Waals surface area contributed by atoms with Gasteiger partial charge < -0.3 is 19.9 Å². The molecule has 0 fully saturated rings. The van der Waals surface area contributed by atoms with E-state index in [1.54, 1.807) is 36.3 Å². The second kappa shape index (κ2) is 10.3. The van der Waals surface area contributed by atoms with Gasteiger partial charge in [-0.2, -0.15) is 0 Å². The Labute approximate surface area is 167 Å². The molecule has 0 aliphatic heterocycles. The molecule has 1 N–H and O–H groups in total. The summed E-state index contributed by atoms with van der Waals surface area (Å²) in [7, 11) is 1.60. The highest BCUT2D eigenvalue weighted by molar-refractivity contribution is 5.94. The predicted molar refractivity (Wildman–Crippen MR) is 114 cm³/mol. The Morgan fingerprint density at radius 3 is 2.00 bits per heavy atom. The van der Waals surface area contributed by atoms with Crippen LogP contribution in [0.2, 0.25) is 0 Å². The monoisotopic (exact) mass is 383 g/mol. The Morgan fingerprint density at radius 1 is 0.929 bits per heavy atom. The van der Waals surface area contributed by atoms with Gasteiger partial charge >= 0.3 is 0 Å². The number of ether oxygens (including phenoxy) is 1. The number of carbonyl (C=O) groups excluding carboxylic acids is 2. The minimum atomic E-state index is -0.142. The SMILES string of the molecule is CCN(CC)c1ccc(N(CCC(=O)Nc2ccc(OC)cc2)C(C)=O)cc1. The lowest BCUT2D eigenvalue weighted by Crippen LogP contribution is -2.32. The van der Waals surface area contributed by atoms with Crippen LogP contribution in [0.25, 0.3) is 0 Å². The van der Waals surface area contributed by atoms with E-state index in [1.165, 1.54) is 6.92 Å². The highest BCUT2D eigenvalue weighted by Crippen LogP contribution is 2.21. The number of hydrogen-bond acceptors (Lipinski definition) is 4. The van der Waals surface area contributed by atoms with Crippen molar-refractivity contribution in [2.24, 2.45) is 0 Å². The van der Waals surface area contributed by atoms with Crippen molar-refractivity contribution in [1.29, 1.82) is 0 Å². The predicted octanol–water partition coefficient (Wildman–Crippen LogP) is 3.92.